The Kier molecular flexibility index (Phi) is 3.37. The van der Waals surface area contributed by atoms with E-state index >= 15 is 0 Å². The van der Waals surface area contributed by atoms with Gasteiger partial charge in [-0.05, 0) is 24.8 Å². The van der Waals surface area contributed by atoms with E-state index in [1.54, 1.807) is 23.7 Å². The quantitative estimate of drug-likeness (QED) is 0.928. The van der Waals surface area contributed by atoms with Crippen LogP contribution in [-0.2, 0) is 0 Å². The Hall–Kier alpha value is -2.01. The van der Waals surface area contributed by atoms with E-state index in [9.17, 15) is 9.59 Å². The van der Waals surface area contributed by atoms with Crippen LogP contribution >= 0.6 is 11.8 Å². The van der Waals surface area contributed by atoms with E-state index in [0.29, 0.717) is 5.56 Å². The number of thioether (sulfide) groups is 1. The third-order valence-corrected chi connectivity index (χ3v) is 4.76. The van der Waals surface area contributed by atoms with Gasteiger partial charge in [-0.2, -0.15) is 0 Å². The molecule has 1 aromatic carbocycles. The van der Waals surface area contributed by atoms with Gasteiger partial charge in [0.25, 0.3) is 5.91 Å². The van der Waals surface area contributed by atoms with Crippen LogP contribution in [0.2, 0.25) is 0 Å². The number of hydrogen-bond acceptors (Lipinski definition) is 3. The first kappa shape index (κ1) is 13.9. The van der Waals surface area contributed by atoms with Crippen LogP contribution < -0.4 is 5.56 Å². The Morgan fingerprint density at radius 2 is 2.00 bits per heavy atom. The second-order valence-corrected chi connectivity index (χ2v) is 6.13. The Labute approximate surface area is 127 Å². The minimum absolute atomic E-state index is 0.0696. The summed E-state index contributed by atoms with van der Waals surface area (Å²) >= 11 is 1.59. The number of carbonyl (C=O) groups is 1. The molecule has 4 nitrogen and oxygen atoms in total. The summed E-state index contributed by atoms with van der Waals surface area (Å²) in [4.78, 5) is 28.8. The molecule has 2 aromatic rings. The highest BCUT2D eigenvalue weighted by atomic mass is 32.2. The predicted octanol–water partition coefficient (Wildman–Crippen LogP) is 2.80. The predicted molar refractivity (Wildman–Crippen MR) is 85.6 cm³/mol. The fraction of sp³-hybridized carbons (Fsp3) is 0.250. The molecule has 1 amide bonds. The second-order valence-electron chi connectivity index (χ2n) is 5.21. The number of aryl methyl sites for hydroxylation is 1. The summed E-state index contributed by atoms with van der Waals surface area (Å²) in [6, 6.07) is 9.35. The van der Waals surface area contributed by atoms with Gasteiger partial charge in [-0.3, -0.25) is 9.59 Å². The maximum Gasteiger partial charge on any atom is 0.255 e. The van der Waals surface area contributed by atoms with E-state index in [1.807, 2.05) is 37.4 Å². The smallest absolute Gasteiger partial charge is 0.255 e. The minimum Gasteiger partial charge on any atom is -0.325 e. The highest BCUT2D eigenvalue weighted by molar-refractivity contribution is 7.98. The van der Waals surface area contributed by atoms with Gasteiger partial charge in [-0.25, -0.2) is 0 Å². The monoisotopic (exact) mass is 300 g/mol. The summed E-state index contributed by atoms with van der Waals surface area (Å²) in [5, 5.41) is -0.0696. The van der Waals surface area contributed by atoms with Gasteiger partial charge in [0, 0.05) is 18.7 Å². The van der Waals surface area contributed by atoms with Crippen molar-refractivity contribution in [2.75, 3.05) is 13.3 Å². The normalized spacial score (nSPS) is 17.2. The average Bonchev–Trinajstić information content (AvgIpc) is 2.70. The molecule has 0 spiro atoms. The molecule has 1 aliphatic rings. The van der Waals surface area contributed by atoms with Crippen LogP contribution in [-0.4, -0.2) is 29.1 Å². The number of benzene rings is 1. The first-order chi connectivity index (χ1) is 10.0. The molecule has 108 valence electrons. The van der Waals surface area contributed by atoms with Gasteiger partial charge in [0.1, 0.15) is 5.37 Å². The van der Waals surface area contributed by atoms with Crippen molar-refractivity contribution in [3.8, 4) is 11.3 Å². The zero-order valence-electron chi connectivity index (χ0n) is 12.1. The van der Waals surface area contributed by atoms with Gasteiger partial charge in [0.05, 0.1) is 11.3 Å². The van der Waals surface area contributed by atoms with E-state index < -0.39 is 0 Å². The van der Waals surface area contributed by atoms with E-state index in [-0.39, 0.29) is 16.8 Å². The molecule has 0 bridgehead atoms. The molecule has 1 aliphatic heterocycles. The van der Waals surface area contributed by atoms with Crippen molar-refractivity contribution in [3.05, 3.63) is 57.4 Å². The molecule has 1 aromatic heterocycles. The summed E-state index contributed by atoms with van der Waals surface area (Å²) in [5.41, 5.74) is 3.97. The van der Waals surface area contributed by atoms with Gasteiger partial charge in [0.2, 0.25) is 5.56 Å². The fourth-order valence-electron chi connectivity index (χ4n) is 2.80. The van der Waals surface area contributed by atoms with Gasteiger partial charge < -0.3 is 9.88 Å². The summed E-state index contributed by atoms with van der Waals surface area (Å²) < 4.78 is 0. The second kappa shape index (κ2) is 5.07. The zero-order valence-corrected chi connectivity index (χ0v) is 13.0. The molecule has 1 atom stereocenters. The van der Waals surface area contributed by atoms with Gasteiger partial charge >= 0.3 is 0 Å². The summed E-state index contributed by atoms with van der Waals surface area (Å²) in [6.07, 6.45) is 1.97. The summed E-state index contributed by atoms with van der Waals surface area (Å²) in [5.74, 6) is -0.0932. The molecule has 5 heteroatoms. The van der Waals surface area contributed by atoms with E-state index in [4.69, 9.17) is 0 Å². The highest BCUT2D eigenvalue weighted by Gasteiger charge is 2.36. The molecule has 3 rings (SSSR count). The molecule has 2 heterocycles. The lowest BCUT2D eigenvalue weighted by Crippen LogP contribution is -2.21. The number of fused-ring (bicyclic) bond motifs is 1. The topological polar surface area (TPSA) is 53.2 Å². The Bertz CT molecular complexity index is 782. The highest BCUT2D eigenvalue weighted by Crippen LogP contribution is 2.42. The first-order valence-corrected chi connectivity index (χ1v) is 7.96. The molecule has 0 saturated heterocycles. The molecule has 21 heavy (non-hydrogen) atoms. The number of rotatable bonds is 2. The van der Waals surface area contributed by atoms with Crippen molar-refractivity contribution in [1.29, 1.82) is 0 Å². The number of carbonyl (C=O) groups excluding carboxylic acids is 1. The van der Waals surface area contributed by atoms with Crippen molar-refractivity contribution in [3.63, 3.8) is 0 Å². The lowest BCUT2D eigenvalue weighted by atomic mass is 10.0. The van der Waals surface area contributed by atoms with Gasteiger partial charge in [-0.1, -0.05) is 23.8 Å². The van der Waals surface area contributed by atoms with Crippen LogP contribution in [0.3, 0.4) is 0 Å². The number of hydrogen-bond donors (Lipinski definition) is 1. The number of amides is 1. The number of H-pyrrole nitrogens is 1. The lowest BCUT2D eigenvalue weighted by Gasteiger charge is -2.19. The Morgan fingerprint density at radius 1 is 1.24 bits per heavy atom. The molecule has 1 N–H and O–H groups in total. The van der Waals surface area contributed by atoms with E-state index in [1.165, 1.54) is 6.07 Å². The van der Waals surface area contributed by atoms with Gasteiger partial charge in [0.15, 0.2) is 0 Å². The lowest BCUT2D eigenvalue weighted by molar-refractivity contribution is 0.0813. The largest absolute Gasteiger partial charge is 0.325 e. The first-order valence-electron chi connectivity index (χ1n) is 6.67. The van der Waals surface area contributed by atoms with Crippen molar-refractivity contribution in [2.24, 2.45) is 0 Å². The maximum absolute atomic E-state index is 12.3. The fourth-order valence-corrected chi connectivity index (χ4v) is 3.69. The average molecular weight is 300 g/mol. The van der Waals surface area contributed by atoms with E-state index in [2.05, 4.69) is 4.98 Å². The Balaban J connectivity index is 2.31. The van der Waals surface area contributed by atoms with Crippen LogP contribution in [0, 0.1) is 6.92 Å². The SMILES string of the molecule is CS[C@@H]1c2c(cc(=O)[nH]c2-c2cccc(C)c2)C(=O)N1C. The molecule has 0 saturated carbocycles. The third-order valence-electron chi connectivity index (χ3n) is 3.76. The number of aromatic amines is 1. The molecule has 0 radical (unpaired) electrons. The summed E-state index contributed by atoms with van der Waals surface area (Å²) in [6.45, 7) is 2.01. The maximum atomic E-state index is 12.3. The number of pyridine rings is 1. The molecule has 0 aliphatic carbocycles. The molecule has 0 unspecified atom stereocenters. The van der Waals surface area contributed by atoms with Gasteiger partial charge in [-0.15, -0.1) is 11.8 Å². The van der Waals surface area contributed by atoms with Crippen LogP contribution in [0.1, 0.15) is 26.9 Å². The van der Waals surface area contributed by atoms with Crippen molar-refractivity contribution < 1.29 is 4.79 Å². The van der Waals surface area contributed by atoms with Crippen LogP contribution in [0.5, 0.6) is 0 Å². The molecular weight excluding hydrogens is 284 g/mol. The Morgan fingerprint density at radius 3 is 2.67 bits per heavy atom. The number of aromatic nitrogens is 1. The van der Waals surface area contributed by atoms with Crippen LogP contribution in [0.25, 0.3) is 11.3 Å². The van der Waals surface area contributed by atoms with E-state index in [0.717, 1.165) is 22.4 Å². The van der Waals surface area contributed by atoms with Crippen molar-refractivity contribution >= 4 is 17.7 Å². The number of nitrogens with one attached hydrogen (secondary N) is 1. The van der Waals surface area contributed by atoms with Crippen molar-refractivity contribution in [2.45, 2.75) is 12.3 Å². The summed E-state index contributed by atoms with van der Waals surface area (Å²) in [7, 11) is 1.77. The standard InChI is InChI=1S/C16H16N2O2S/c1-9-5-4-6-10(7-9)14-13-11(8-12(19)17-14)15(20)18(2)16(13)21-3/h4-8,16H,1-3H3,(H,17,19)/t16-/m1/s1. The van der Waals surface area contributed by atoms with Crippen LogP contribution in [0.4, 0.5) is 0 Å². The molecule has 0 fully saturated rings. The number of nitrogens with zero attached hydrogens (tertiary/aromatic N) is 1. The van der Waals surface area contributed by atoms with Crippen LogP contribution in [0.15, 0.2) is 35.1 Å². The minimum atomic E-state index is -0.242. The molecular formula is C16H16N2O2S. The third kappa shape index (κ3) is 2.17. The van der Waals surface area contributed by atoms with Crippen molar-refractivity contribution in [1.82, 2.24) is 9.88 Å². The zero-order chi connectivity index (χ0) is 15.1.